The van der Waals surface area contributed by atoms with Crippen molar-refractivity contribution in [3.8, 4) is 17.5 Å². The maximum Gasteiger partial charge on any atom is 0.240 e. The molecule has 0 saturated carbocycles. The van der Waals surface area contributed by atoms with Crippen LogP contribution in [0.4, 0.5) is 0 Å². The van der Waals surface area contributed by atoms with Crippen LogP contribution in [-0.2, 0) is 6.54 Å². The first kappa shape index (κ1) is 9.37. The van der Waals surface area contributed by atoms with E-state index in [0.29, 0.717) is 17.3 Å². The summed E-state index contributed by atoms with van der Waals surface area (Å²) in [5.41, 5.74) is 6.66. The van der Waals surface area contributed by atoms with Gasteiger partial charge in [-0.1, -0.05) is 17.3 Å². The Labute approximate surface area is 86.1 Å². The van der Waals surface area contributed by atoms with Gasteiger partial charge in [0.1, 0.15) is 0 Å². The van der Waals surface area contributed by atoms with Crippen LogP contribution in [0.3, 0.4) is 0 Å². The molecule has 0 unspecified atom stereocenters. The molecule has 1 aromatic heterocycles. The van der Waals surface area contributed by atoms with Gasteiger partial charge in [0.25, 0.3) is 0 Å². The Morgan fingerprint density at radius 3 is 3.00 bits per heavy atom. The summed E-state index contributed by atoms with van der Waals surface area (Å²) in [7, 11) is 0. The number of hydrogen-bond acceptors (Lipinski definition) is 5. The minimum absolute atomic E-state index is 0.213. The highest BCUT2D eigenvalue weighted by atomic mass is 16.5. The number of benzene rings is 1. The minimum Gasteiger partial charge on any atom is -0.338 e. The molecule has 5 nitrogen and oxygen atoms in total. The maximum absolute atomic E-state index is 8.73. The summed E-state index contributed by atoms with van der Waals surface area (Å²) in [6, 6.07) is 9.04. The molecule has 2 aromatic rings. The van der Waals surface area contributed by atoms with Crippen molar-refractivity contribution in [1.82, 2.24) is 10.1 Å². The predicted octanol–water partition coefficient (Wildman–Crippen LogP) is 1.07. The number of nitriles is 1. The second-order valence-electron chi connectivity index (χ2n) is 2.91. The second-order valence-corrected chi connectivity index (χ2v) is 2.91. The molecule has 0 radical (unpaired) electrons. The van der Waals surface area contributed by atoms with E-state index in [1.54, 1.807) is 18.2 Å². The van der Waals surface area contributed by atoms with E-state index in [-0.39, 0.29) is 6.54 Å². The number of nitrogens with zero attached hydrogens (tertiary/aromatic N) is 3. The van der Waals surface area contributed by atoms with Crippen molar-refractivity contribution in [1.29, 1.82) is 5.26 Å². The summed E-state index contributed by atoms with van der Waals surface area (Å²) < 4.78 is 4.87. The topological polar surface area (TPSA) is 88.7 Å². The number of nitrogens with two attached hydrogens (primary N) is 1. The molecule has 1 heterocycles. The van der Waals surface area contributed by atoms with Crippen LogP contribution in [0.5, 0.6) is 0 Å². The molecule has 0 fully saturated rings. The van der Waals surface area contributed by atoms with E-state index in [0.717, 1.165) is 5.56 Å². The van der Waals surface area contributed by atoms with Crippen LogP contribution in [0.2, 0.25) is 0 Å². The highest BCUT2D eigenvalue weighted by Gasteiger charge is 2.07. The van der Waals surface area contributed by atoms with Gasteiger partial charge in [0.2, 0.25) is 11.7 Å². The molecule has 15 heavy (non-hydrogen) atoms. The Bertz CT molecular complexity index is 512. The molecule has 1 aromatic carbocycles. The van der Waals surface area contributed by atoms with Crippen LogP contribution in [0.25, 0.3) is 11.4 Å². The highest BCUT2D eigenvalue weighted by molar-refractivity contribution is 5.57. The van der Waals surface area contributed by atoms with Gasteiger partial charge < -0.3 is 10.3 Å². The highest BCUT2D eigenvalue weighted by Crippen LogP contribution is 2.16. The smallest absolute Gasteiger partial charge is 0.240 e. The Hall–Kier alpha value is -2.19. The van der Waals surface area contributed by atoms with Gasteiger partial charge in [-0.15, -0.1) is 0 Å². The standard InChI is InChI=1S/C10H8N4O/c11-5-7-2-1-3-8(4-7)10-13-9(6-12)15-14-10/h1-4H,6,12H2. The van der Waals surface area contributed by atoms with E-state index in [4.69, 9.17) is 15.5 Å². The summed E-state index contributed by atoms with van der Waals surface area (Å²) in [4.78, 5) is 4.06. The first-order valence-electron chi connectivity index (χ1n) is 4.36. The van der Waals surface area contributed by atoms with Crippen molar-refractivity contribution in [2.24, 2.45) is 5.73 Å². The van der Waals surface area contributed by atoms with Crippen LogP contribution in [-0.4, -0.2) is 10.1 Å². The van der Waals surface area contributed by atoms with E-state index in [2.05, 4.69) is 10.1 Å². The zero-order valence-electron chi connectivity index (χ0n) is 7.84. The molecule has 74 valence electrons. The molecule has 0 saturated heterocycles. The zero-order valence-corrected chi connectivity index (χ0v) is 7.84. The predicted molar refractivity (Wildman–Crippen MR) is 52.3 cm³/mol. The van der Waals surface area contributed by atoms with Gasteiger partial charge in [-0.05, 0) is 12.1 Å². The van der Waals surface area contributed by atoms with Gasteiger partial charge in [0, 0.05) is 5.56 Å². The minimum atomic E-state index is 0.213. The first-order valence-corrected chi connectivity index (χ1v) is 4.36. The first-order chi connectivity index (χ1) is 7.33. The molecule has 5 heteroatoms. The van der Waals surface area contributed by atoms with Crippen molar-refractivity contribution in [2.75, 3.05) is 0 Å². The van der Waals surface area contributed by atoms with Crippen LogP contribution in [0.15, 0.2) is 28.8 Å². The summed E-state index contributed by atoms with van der Waals surface area (Å²) in [5.74, 6) is 0.833. The molecular formula is C10H8N4O. The normalized spacial score (nSPS) is 9.87. The van der Waals surface area contributed by atoms with Crippen molar-refractivity contribution in [3.05, 3.63) is 35.7 Å². The average Bonchev–Trinajstić information content (AvgIpc) is 2.78. The van der Waals surface area contributed by atoms with E-state index < -0.39 is 0 Å². The van der Waals surface area contributed by atoms with Crippen molar-refractivity contribution < 1.29 is 4.52 Å². The number of rotatable bonds is 2. The molecule has 0 spiro atoms. The van der Waals surface area contributed by atoms with Gasteiger partial charge in [-0.25, -0.2) is 0 Å². The summed E-state index contributed by atoms with van der Waals surface area (Å²) >= 11 is 0. The molecule has 0 atom stereocenters. The molecule has 0 amide bonds. The van der Waals surface area contributed by atoms with Gasteiger partial charge in [0.05, 0.1) is 18.2 Å². The second kappa shape index (κ2) is 3.90. The third-order valence-electron chi connectivity index (χ3n) is 1.89. The van der Waals surface area contributed by atoms with Gasteiger partial charge in [0.15, 0.2) is 0 Å². The van der Waals surface area contributed by atoms with Crippen molar-refractivity contribution in [2.45, 2.75) is 6.54 Å². The summed E-state index contributed by atoms with van der Waals surface area (Å²) in [6.45, 7) is 0.213. The fourth-order valence-electron chi connectivity index (χ4n) is 1.18. The molecule has 0 bridgehead atoms. The van der Waals surface area contributed by atoms with Crippen LogP contribution >= 0.6 is 0 Å². The van der Waals surface area contributed by atoms with E-state index in [1.165, 1.54) is 0 Å². The van der Waals surface area contributed by atoms with E-state index in [1.807, 2.05) is 12.1 Å². The quantitative estimate of drug-likeness (QED) is 0.783. The van der Waals surface area contributed by atoms with Gasteiger partial charge in [-0.2, -0.15) is 10.2 Å². The molecule has 2 N–H and O–H groups in total. The Kier molecular flexibility index (Phi) is 2.44. The van der Waals surface area contributed by atoms with Gasteiger partial charge in [-0.3, -0.25) is 0 Å². The summed E-state index contributed by atoms with van der Waals surface area (Å²) in [5, 5.41) is 12.5. The van der Waals surface area contributed by atoms with Gasteiger partial charge >= 0.3 is 0 Å². The third-order valence-corrected chi connectivity index (χ3v) is 1.89. The lowest BCUT2D eigenvalue weighted by atomic mass is 10.1. The fraction of sp³-hybridized carbons (Fsp3) is 0.100. The summed E-state index contributed by atoms with van der Waals surface area (Å²) in [6.07, 6.45) is 0. The van der Waals surface area contributed by atoms with E-state index >= 15 is 0 Å². The van der Waals surface area contributed by atoms with Crippen molar-refractivity contribution in [3.63, 3.8) is 0 Å². The lowest BCUT2D eigenvalue weighted by molar-refractivity contribution is 0.380. The molecule has 0 aliphatic heterocycles. The largest absolute Gasteiger partial charge is 0.338 e. The lowest BCUT2D eigenvalue weighted by Crippen LogP contribution is -1.95. The third kappa shape index (κ3) is 1.85. The van der Waals surface area contributed by atoms with Crippen LogP contribution in [0.1, 0.15) is 11.5 Å². The van der Waals surface area contributed by atoms with Crippen LogP contribution < -0.4 is 5.73 Å². The Balaban J connectivity index is 2.41. The number of hydrogen-bond donors (Lipinski definition) is 1. The Morgan fingerprint density at radius 1 is 1.47 bits per heavy atom. The molecule has 0 aliphatic rings. The molecular weight excluding hydrogens is 192 g/mol. The van der Waals surface area contributed by atoms with Crippen molar-refractivity contribution >= 4 is 0 Å². The average molecular weight is 200 g/mol. The lowest BCUT2D eigenvalue weighted by Gasteiger charge is -1.93. The zero-order chi connectivity index (χ0) is 10.7. The fourth-order valence-corrected chi connectivity index (χ4v) is 1.18. The molecule has 2 rings (SSSR count). The van der Waals surface area contributed by atoms with E-state index in [9.17, 15) is 0 Å². The maximum atomic E-state index is 8.73. The monoisotopic (exact) mass is 200 g/mol. The SMILES string of the molecule is N#Cc1cccc(-c2noc(CN)n2)c1. The van der Waals surface area contributed by atoms with Crippen LogP contribution in [0, 0.1) is 11.3 Å². The number of aromatic nitrogens is 2. The molecule has 0 aliphatic carbocycles. The Morgan fingerprint density at radius 2 is 2.33 bits per heavy atom.